The number of rotatable bonds is 18. The Kier molecular flexibility index (Phi) is 18.1. The van der Waals surface area contributed by atoms with Crippen molar-refractivity contribution in [2.24, 2.45) is 29.2 Å². The van der Waals surface area contributed by atoms with E-state index in [1.807, 2.05) is 13.8 Å². The van der Waals surface area contributed by atoms with Crippen LogP contribution in [0.3, 0.4) is 0 Å². The van der Waals surface area contributed by atoms with Gasteiger partial charge in [0, 0.05) is 68.8 Å². The summed E-state index contributed by atoms with van der Waals surface area (Å²) in [5, 5.41) is 11.9. The lowest BCUT2D eigenvalue weighted by atomic mass is 10.0. The fraction of sp³-hybridized carbons (Fsp3) is 0.789. The van der Waals surface area contributed by atoms with Crippen molar-refractivity contribution in [2.75, 3.05) is 33.4 Å². The van der Waals surface area contributed by atoms with Crippen molar-refractivity contribution in [1.29, 1.82) is 0 Å². The number of imide groups is 1. The van der Waals surface area contributed by atoms with E-state index in [0.717, 1.165) is 75.1 Å². The molecule has 1 fully saturated rings. The van der Waals surface area contributed by atoms with Gasteiger partial charge in [0.15, 0.2) is 0 Å². The van der Waals surface area contributed by atoms with Crippen molar-refractivity contribution >= 4 is 24.2 Å². The van der Waals surface area contributed by atoms with Gasteiger partial charge in [-0.3, -0.25) is 14.5 Å². The van der Waals surface area contributed by atoms with Crippen LogP contribution in [0.25, 0.3) is 0 Å². The molecule has 1 aromatic heterocycles. The van der Waals surface area contributed by atoms with Gasteiger partial charge in [0.1, 0.15) is 12.4 Å². The number of aryl methyl sites for hydroxylation is 2. The highest BCUT2D eigenvalue weighted by molar-refractivity contribution is 6.12. The summed E-state index contributed by atoms with van der Waals surface area (Å²) in [5.74, 6) is 0.790. The van der Waals surface area contributed by atoms with Crippen LogP contribution in [0.4, 0.5) is 4.79 Å². The number of nitrogens with one attached hydrogen (secondary N) is 1. The van der Waals surface area contributed by atoms with E-state index in [9.17, 15) is 19.2 Å². The van der Waals surface area contributed by atoms with Gasteiger partial charge in [0.05, 0.1) is 22.6 Å². The Bertz CT molecular complexity index is 1300. The second-order valence-electron chi connectivity index (χ2n) is 16.2. The molecular formula is C38H67N7O7. The van der Waals surface area contributed by atoms with Gasteiger partial charge < -0.3 is 35.8 Å². The van der Waals surface area contributed by atoms with Gasteiger partial charge in [0.25, 0.3) is 11.8 Å². The number of nitrogens with zero attached hydrogens (tertiary/aromatic N) is 4. The van der Waals surface area contributed by atoms with Crippen molar-refractivity contribution in [3.8, 4) is 0 Å². The van der Waals surface area contributed by atoms with Crippen LogP contribution in [0.1, 0.15) is 112 Å². The standard InChI is InChI=1S/C30H55N5O4.C7H7NO3.CH5N/c1-21(2)13-19-37-29(5,6)14-17-32-27(36)39-26-22-9-11-24-25(12-10-23(22)26)35(34-33-24)18-15-30(7,8)38-20-16-28(3,4)31;9-5-1-4-8-6(10)2-3-7(8)11;1-2/h21-23,26H,9-20,31H2,1-8H3,(H,32,36);2-3,5H,1,4H2;2H2,1H3. The molecule has 14 heteroatoms. The summed E-state index contributed by atoms with van der Waals surface area (Å²) in [6.45, 7) is 19.7. The minimum Gasteiger partial charge on any atom is -0.446 e. The molecular weight excluding hydrogens is 666 g/mol. The molecule has 0 spiro atoms. The van der Waals surface area contributed by atoms with Crippen LogP contribution >= 0.6 is 0 Å². The molecule has 5 N–H and O–H groups in total. The fourth-order valence-corrected chi connectivity index (χ4v) is 6.11. The minimum atomic E-state index is -0.336. The van der Waals surface area contributed by atoms with Crippen molar-refractivity contribution in [1.82, 2.24) is 25.2 Å². The van der Waals surface area contributed by atoms with Gasteiger partial charge in [-0.05, 0) is 106 Å². The molecule has 14 nitrogen and oxygen atoms in total. The average Bonchev–Trinajstić information content (AvgIpc) is 3.33. The molecule has 1 aliphatic heterocycles. The Morgan fingerprint density at radius 1 is 0.942 bits per heavy atom. The molecule has 3 atom stereocenters. The number of ether oxygens (including phenoxy) is 3. The van der Waals surface area contributed by atoms with Gasteiger partial charge in [-0.25, -0.2) is 9.48 Å². The molecule has 0 saturated heterocycles. The molecule has 1 aromatic rings. The normalized spacial score (nSPS) is 19.8. The van der Waals surface area contributed by atoms with Crippen LogP contribution in [-0.2, 0) is 48.0 Å². The van der Waals surface area contributed by atoms with E-state index in [1.54, 1.807) is 0 Å². The lowest BCUT2D eigenvalue weighted by Gasteiger charge is -2.28. The number of fused-ring (bicyclic) bond motifs is 2. The van der Waals surface area contributed by atoms with E-state index in [0.29, 0.717) is 37.2 Å². The van der Waals surface area contributed by atoms with Crippen molar-refractivity contribution in [2.45, 2.75) is 143 Å². The number of hydrogen-bond acceptors (Lipinski definition) is 11. The number of amides is 3. The molecule has 0 bridgehead atoms. The van der Waals surface area contributed by atoms with Crippen molar-refractivity contribution < 1.29 is 33.4 Å². The average molecular weight is 734 g/mol. The summed E-state index contributed by atoms with van der Waals surface area (Å²) in [6.07, 6.45) is 10.2. The second kappa shape index (κ2) is 20.9. The number of alkyl carbamates (subject to hydrolysis) is 1. The number of aldehydes is 1. The van der Waals surface area contributed by atoms with Crippen LogP contribution in [0, 0.1) is 17.8 Å². The highest BCUT2D eigenvalue weighted by atomic mass is 16.6. The zero-order chi connectivity index (χ0) is 39.1. The smallest absolute Gasteiger partial charge is 0.407 e. The zero-order valence-corrected chi connectivity index (χ0v) is 33.2. The van der Waals surface area contributed by atoms with Crippen molar-refractivity contribution in [3.63, 3.8) is 0 Å². The van der Waals surface area contributed by atoms with Crippen LogP contribution < -0.4 is 16.8 Å². The fourth-order valence-electron chi connectivity index (χ4n) is 6.11. The molecule has 2 aliphatic carbocycles. The Labute approximate surface area is 311 Å². The number of carbonyl (C=O) groups is 4. The topological polar surface area (TPSA) is 194 Å². The van der Waals surface area contributed by atoms with E-state index in [-0.39, 0.29) is 53.7 Å². The summed E-state index contributed by atoms with van der Waals surface area (Å²) >= 11 is 0. The summed E-state index contributed by atoms with van der Waals surface area (Å²) < 4.78 is 20.0. The molecule has 3 aliphatic rings. The molecule has 0 aromatic carbocycles. The zero-order valence-electron chi connectivity index (χ0n) is 33.2. The number of aromatic nitrogens is 3. The first-order chi connectivity index (χ1) is 24.4. The van der Waals surface area contributed by atoms with Crippen LogP contribution in [-0.4, -0.2) is 100 Å². The highest BCUT2D eigenvalue weighted by Gasteiger charge is 2.53. The molecule has 2 heterocycles. The van der Waals surface area contributed by atoms with E-state index in [2.05, 4.69) is 67.6 Å². The lowest BCUT2D eigenvalue weighted by molar-refractivity contribution is -0.136. The Hall–Kier alpha value is -3.20. The largest absolute Gasteiger partial charge is 0.446 e. The monoisotopic (exact) mass is 734 g/mol. The maximum atomic E-state index is 12.5. The third-order valence-electron chi connectivity index (χ3n) is 9.56. The number of carbonyl (C=O) groups excluding carboxylic acids is 4. The van der Waals surface area contributed by atoms with Gasteiger partial charge in [-0.2, -0.15) is 0 Å². The predicted molar refractivity (Wildman–Crippen MR) is 200 cm³/mol. The third-order valence-corrected chi connectivity index (χ3v) is 9.56. The van der Waals surface area contributed by atoms with Crippen LogP contribution in [0.2, 0.25) is 0 Å². The maximum Gasteiger partial charge on any atom is 0.407 e. The van der Waals surface area contributed by atoms with E-state index in [1.165, 1.54) is 24.9 Å². The number of hydrogen-bond donors (Lipinski definition) is 3. The summed E-state index contributed by atoms with van der Waals surface area (Å²) in [6, 6.07) is 0. The lowest BCUT2D eigenvalue weighted by Crippen LogP contribution is -2.35. The van der Waals surface area contributed by atoms with Gasteiger partial charge >= 0.3 is 6.09 Å². The molecule has 52 heavy (non-hydrogen) atoms. The molecule has 3 unspecified atom stereocenters. The first-order valence-electron chi connectivity index (χ1n) is 18.9. The highest BCUT2D eigenvalue weighted by Crippen LogP contribution is 2.49. The van der Waals surface area contributed by atoms with Crippen molar-refractivity contribution in [3.05, 3.63) is 23.5 Å². The van der Waals surface area contributed by atoms with Gasteiger partial charge in [0.2, 0.25) is 0 Å². The summed E-state index contributed by atoms with van der Waals surface area (Å²) in [7, 11) is 1.50. The molecule has 0 radical (unpaired) electrons. The third kappa shape index (κ3) is 15.8. The van der Waals surface area contributed by atoms with E-state index in [4.69, 9.17) is 19.9 Å². The second-order valence-corrected chi connectivity index (χ2v) is 16.2. The van der Waals surface area contributed by atoms with Gasteiger partial charge in [-0.15, -0.1) is 5.10 Å². The molecule has 3 amide bonds. The first kappa shape index (κ1) is 45.0. The number of nitrogens with two attached hydrogens (primary N) is 2. The maximum absolute atomic E-state index is 12.5. The SMILES string of the molecule is CC(C)CCOC(C)(C)CCNC(=O)OC1C2CCc3nnn(CCC(C)(C)OCCC(C)(C)N)c3CCC21.CN.O=CCCN1C(=O)C=CC1=O. The quantitative estimate of drug-likeness (QED) is 0.145. The van der Waals surface area contributed by atoms with E-state index >= 15 is 0 Å². The molecule has 1 saturated carbocycles. The van der Waals surface area contributed by atoms with Crippen LogP contribution in [0.15, 0.2) is 12.2 Å². The Morgan fingerprint density at radius 2 is 1.54 bits per heavy atom. The molecule has 4 rings (SSSR count). The summed E-state index contributed by atoms with van der Waals surface area (Å²) in [4.78, 5) is 45.0. The molecule has 296 valence electrons. The van der Waals surface area contributed by atoms with Gasteiger partial charge in [-0.1, -0.05) is 19.1 Å². The predicted octanol–water partition coefficient (Wildman–Crippen LogP) is 4.12. The van der Waals surface area contributed by atoms with Crippen LogP contribution in [0.5, 0.6) is 0 Å². The van der Waals surface area contributed by atoms with E-state index < -0.39 is 0 Å². The Morgan fingerprint density at radius 3 is 2.13 bits per heavy atom. The Balaban J connectivity index is 0.000000608. The minimum absolute atomic E-state index is 0.00449. The first-order valence-corrected chi connectivity index (χ1v) is 18.9. The summed E-state index contributed by atoms with van der Waals surface area (Å²) in [5.41, 5.74) is 12.2.